The lowest BCUT2D eigenvalue weighted by Crippen LogP contribution is -2.23. The molecule has 1 atom stereocenters. The second-order valence-electron chi connectivity index (χ2n) is 3.27. The highest BCUT2D eigenvalue weighted by atomic mass is 19.4. The first kappa shape index (κ1) is 10.8. The Kier molecular flexibility index (Phi) is 2.29. The van der Waals surface area contributed by atoms with E-state index in [0.29, 0.717) is 6.08 Å². The van der Waals surface area contributed by atoms with E-state index in [1.807, 2.05) is 0 Å². The van der Waals surface area contributed by atoms with Crippen LogP contribution in [0.25, 0.3) is 0 Å². The van der Waals surface area contributed by atoms with Gasteiger partial charge in [0.25, 0.3) is 0 Å². The fraction of sp³-hybridized carbons (Fsp3) is 0.200. The second kappa shape index (κ2) is 3.40. The molecule has 1 unspecified atom stereocenters. The summed E-state index contributed by atoms with van der Waals surface area (Å²) in [5, 5.41) is 0. The zero-order chi connectivity index (χ0) is 11.9. The van der Waals surface area contributed by atoms with Crippen LogP contribution >= 0.6 is 0 Å². The highest BCUT2D eigenvalue weighted by molar-refractivity contribution is 6.31. The largest absolute Gasteiger partial charge is 0.433 e. The molecule has 0 spiro atoms. The number of halogens is 4. The van der Waals surface area contributed by atoms with Crippen LogP contribution in [0.5, 0.6) is 0 Å². The highest BCUT2D eigenvalue weighted by Crippen LogP contribution is 2.31. The molecule has 2 nitrogen and oxygen atoms in total. The molecule has 1 aliphatic heterocycles. The van der Waals surface area contributed by atoms with Gasteiger partial charge in [-0.2, -0.15) is 13.2 Å². The minimum absolute atomic E-state index is 0.122. The van der Waals surface area contributed by atoms with E-state index in [9.17, 15) is 22.4 Å². The Balaban J connectivity index is 2.45. The third-order valence-corrected chi connectivity index (χ3v) is 2.10. The average molecular weight is 231 g/mol. The summed E-state index contributed by atoms with van der Waals surface area (Å²) in [5.74, 6) is -0.871. The molecule has 0 amide bonds. The minimum Gasteiger partial charge on any atom is -0.289 e. The van der Waals surface area contributed by atoms with Crippen molar-refractivity contribution in [2.24, 2.45) is 4.99 Å². The molecular formula is C10H5F4NO. The number of rotatable bonds is 0. The van der Waals surface area contributed by atoms with Crippen molar-refractivity contribution in [1.82, 2.24) is 0 Å². The van der Waals surface area contributed by atoms with Crippen molar-refractivity contribution in [3.63, 3.8) is 0 Å². The first-order valence-electron chi connectivity index (χ1n) is 4.34. The number of aliphatic imine (C=N–C) groups is 1. The Morgan fingerprint density at radius 3 is 2.62 bits per heavy atom. The zero-order valence-electron chi connectivity index (χ0n) is 7.75. The van der Waals surface area contributed by atoms with Gasteiger partial charge in [-0.25, -0.2) is 9.38 Å². The van der Waals surface area contributed by atoms with Crippen molar-refractivity contribution in [3.8, 4) is 0 Å². The Labute approximate surface area is 87.7 Å². The van der Waals surface area contributed by atoms with Gasteiger partial charge in [0, 0.05) is 11.6 Å². The molecule has 0 aromatic rings. The van der Waals surface area contributed by atoms with E-state index in [4.69, 9.17) is 0 Å². The monoisotopic (exact) mass is 231 g/mol. The van der Waals surface area contributed by atoms with Crippen molar-refractivity contribution in [2.45, 2.75) is 12.3 Å². The maximum absolute atomic E-state index is 12.8. The van der Waals surface area contributed by atoms with Gasteiger partial charge in [-0.15, -0.1) is 0 Å². The summed E-state index contributed by atoms with van der Waals surface area (Å²) < 4.78 is 49.8. The first-order chi connectivity index (χ1) is 7.38. The Morgan fingerprint density at radius 2 is 2.00 bits per heavy atom. The molecule has 0 saturated carbocycles. The van der Waals surface area contributed by atoms with Crippen molar-refractivity contribution >= 4 is 11.5 Å². The zero-order valence-corrected chi connectivity index (χ0v) is 7.75. The highest BCUT2D eigenvalue weighted by Gasteiger charge is 2.38. The third-order valence-electron chi connectivity index (χ3n) is 2.10. The Morgan fingerprint density at radius 1 is 1.31 bits per heavy atom. The quantitative estimate of drug-likeness (QED) is 0.588. The summed E-state index contributed by atoms with van der Waals surface area (Å²) >= 11 is 0. The normalized spacial score (nSPS) is 24.6. The van der Waals surface area contributed by atoms with Gasteiger partial charge in [0.2, 0.25) is 0 Å². The molecule has 1 aliphatic carbocycles. The maximum atomic E-state index is 12.8. The summed E-state index contributed by atoms with van der Waals surface area (Å²) in [6.07, 6.45) is -2.69. The number of ketones is 1. The van der Waals surface area contributed by atoms with Crippen LogP contribution < -0.4 is 0 Å². The van der Waals surface area contributed by atoms with Gasteiger partial charge in [0.15, 0.2) is 5.78 Å². The van der Waals surface area contributed by atoms with Crippen LogP contribution in [-0.2, 0) is 4.79 Å². The van der Waals surface area contributed by atoms with Crippen molar-refractivity contribution in [3.05, 3.63) is 35.6 Å². The van der Waals surface area contributed by atoms with Crippen LogP contribution in [0.15, 0.2) is 40.6 Å². The van der Waals surface area contributed by atoms with E-state index in [2.05, 4.69) is 4.99 Å². The van der Waals surface area contributed by atoms with Gasteiger partial charge >= 0.3 is 6.18 Å². The molecular weight excluding hydrogens is 226 g/mol. The molecule has 0 radical (unpaired) electrons. The molecule has 0 saturated heterocycles. The van der Waals surface area contributed by atoms with E-state index in [-0.39, 0.29) is 11.3 Å². The van der Waals surface area contributed by atoms with Crippen molar-refractivity contribution < 1.29 is 22.4 Å². The van der Waals surface area contributed by atoms with Gasteiger partial charge in [-0.05, 0) is 18.2 Å². The van der Waals surface area contributed by atoms with Gasteiger partial charge in [0.1, 0.15) is 11.9 Å². The van der Waals surface area contributed by atoms with Crippen LogP contribution in [0.4, 0.5) is 17.6 Å². The van der Waals surface area contributed by atoms with Gasteiger partial charge in [0.05, 0.1) is 5.71 Å². The number of allylic oxidation sites excluding steroid dienone is 6. The minimum atomic E-state index is -4.67. The molecule has 6 heteroatoms. The number of hydrogen-bond acceptors (Lipinski definition) is 2. The standard InChI is InChI=1S/C10H5F4NO/c11-5-1-2-7-6(3-5)8(16)4-9(15-7)10(12,13)14/h1-5H. The van der Waals surface area contributed by atoms with Crippen molar-refractivity contribution in [1.29, 1.82) is 0 Å². The van der Waals surface area contributed by atoms with E-state index < -0.39 is 23.8 Å². The van der Waals surface area contributed by atoms with Crippen LogP contribution in [0, 0.1) is 0 Å². The lowest BCUT2D eigenvalue weighted by Gasteiger charge is -2.17. The first-order valence-corrected chi connectivity index (χ1v) is 4.34. The lowest BCUT2D eigenvalue weighted by molar-refractivity contribution is -0.113. The number of alkyl halides is 4. The van der Waals surface area contributed by atoms with Gasteiger partial charge < -0.3 is 0 Å². The molecule has 16 heavy (non-hydrogen) atoms. The molecule has 0 fully saturated rings. The van der Waals surface area contributed by atoms with E-state index in [1.54, 1.807) is 0 Å². The topological polar surface area (TPSA) is 29.4 Å². The summed E-state index contributed by atoms with van der Waals surface area (Å²) in [6, 6.07) is 0. The van der Waals surface area contributed by atoms with Crippen LogP contribution in [0.3, 0.4) is 0 Å². The molecule has 84 valence electrons. The number of carbonyl (C=O) groups excluding carboxylic acids is 1. The van der Waals surface area contributed by atoms with Crippen LogP contribution in [0.1, 0.15) is 0 Å². The second-order valence-corrected chi connectivity index (χ2v) is 3.27. The SMILES string of the molecule is O=C1C=C(C(F)(F)F)N=C2C=CC(F)C=C12. The van der Waals surface area contributed by atoms with Crippen LogP contribution in [0.2, 0.25) is 0 Å². The van der Waals surface area contributed by atoms with Crippen LogP contribution in [-0.4, -0.2) is 23.8 Å². The number of hydrogen-bond donors (Lipinski definition) is 0. The Hall–Kier alpha value is -1.72. The summed E-state index contributed by atoms with van der Waals surface area (Å²) in [4.78, 5) is 14.6. The fourth-order valence-corrected chi connectivity index (χ4v) is 1.39. The predicted octanol–water partition coefficient (Wildman–Crippen LogP) is 2.29. The Bertz CT molecular complexity index is 468. The summed E-state index contributed by atoms with van der Waals surface area (Å²) in [7, 11) is 0. The lowest BCUT2D eigenvalue weighted by atomic mass is 9.96. The van der Waals surface area contributed by atoms with Gasteiger partial charge in [-0.3, -0.25) is 4.79 Å². The van der Waals surface area contributed by atoms with E-state index in [0.717, 1.165) is 18.2 Å². The molecule has 2 aliphatic rings. The number of carbonyl (C=O) groups is 1. The van der Waals surface area contributed by atoms with E-state index >= 15 is 0 Å². The third kappa shape index (κ3) is 1.82. The van der Waals surface area contributed by atoms with E-state index in [1.165, 1.54) is 0 Å². The number of nitrogens with zero attached hydrogens (tertiary/aromatic N) is 1. The maximum Gasteiger partial charge on any atom is 0.433 e. The average Bonchev–Trinajstić information content (AvgIpc) is 2.17. The summed E-state index contributed by atoms with van der Waals surface area (Å²) in [6.45, 7) is 0. The summed E-state index contributed by atoms with van der Waals surface area (Å²) in [5.41, 5.74) is -1.52. The molecule has 1 heterocycles. The number of fused-ring (bicyclic) bond motifs is 1. The molecule has 0 aromatic heterocycles. The molecule has 0 N–H and O–H groups in total. The smallest absolute Gasteiger partial charge is 0.289 e. The predicted molar refractivity (Wildman–Crippen MR) is 48.7 cm³/mol. The van der Waals surface area contributed by atoms with Gasteiger partial charge in [-0.1, -0.05) is 0 Å². The fourth-order valence-electron chi connectivity index (χ4n) is 1.39. The van der Waals surface area contributed by atoms with Crippen molar-refractivity contribution in [2.75, 3.05) is 0 Å². The molecule has 0 aromatic carbocycles. The molecule has 2 rings (SSSR count). The molecule has 0 bridgehead atoms.